The fourth-order valence-electron chi connectivity index (χ4n) is 1.84. The second-order valence-corrected chi connectivity index (χ2v) is 6.23. The Balaban J connectivity index is 1.75. The summed E-state index contributed by atoms with van der Waals surface area (Å²) in [5.74, 6) is 1.37. The maximum Gasteiger partial charge on any atom is 0.244 e. The first-order chi connectivity index (χ1) is 11.1. The van der Waals surface area contributed by atoms with Crippen molar-refractivity contribution in [3.8, 4) is 11.5 Å². The third kappa shape index (κ3) is 5.75. The molecule has 1 heterocycles. The highest BCUT2D eigenvalue weighted by Gasteiger charge is 2.06. The van der Waals surface area contributed by atoms with Crippen molar-refractivity contribution in [2.24, 2.45) is 0 Å². The molecule has 2 rings (SSSR count). The van der Waals surface area contributed by atoms with Crippen LogP contribution in [0.15, 0.2) is 36.5 Å². The lowest BCUT2D eigenvalue weighted by Crippen LogP contribution is -2.32. The highest BCUT2D eigenvalue weighted by atomic mass is 32.1. The van der Waals surface area contributed by atoms with Crippen molar-refractivity contribution in [1.29, 1.82) is 0 Å². The Hall–Kier alpha value is -2.34. The van der Waals surface area contributed by atoms with Crippen LogP contribution < -0.4 is 14.8 Å². The van der Waals surface area contributed by atoms with Gasteiger partial charge in [-0.1, -0.05) is 0 Å². The summed E-state index contributed by atoms with van der Waals surface area (Å²) in [4.78, 5) is 16.9. The van der Waals surface area contributed by atoms with Crippen LogP contribution in [-0.2, 0) is 4.79 Å². The maximum absolute atomic E-state index is 11.8. The SMILES string of the molecule is COc1ccc(O[C@H](C)CNC(=O)/C=C/c2cnc(C)s2)cc1. The Labute approximate surface area is 140 Å². The van der Waals surface area contributed by atoms with E-state index >= 15 is 0 Å². The molecule has 0 saturated carbocycles. The lowest BCUT2D eigenvalue weighted by atomic mass is 10.3. The van der Waals surface area contributed by atoms with Gasteiger partial charge < -0.3 is 14.8 Å². The van der Waals surface area contributed by atoms with Crippen LogP contribution in [0.3, 0.4) is 0 Å². The number of hydrogen-bond donors (Lipinski definition) is 1. The van der Waals surface area contributed by atoms with Crippen molar-refractivity contribution < 1.29 is 14.3 Å². The topological polar surface area (TPSA) is 60.5 Å². The van der Waals surface area contributed by atoms with Crippen LogP contribution in [0.5, 0.6) is 11.5 Å². The quantitative estimate of drug-likeness (QED) is 0.792. The minimum atomic E-state index is -0.152. The molecule has 1 aromatic heterocycles. The minimum Gasteiger partial charge on any atom is -0.497 e. The summed E-state index contributed by atoms with van der Waals surface area (Å²) in [5, 5.41) is 3.79. The monoisotopic (exact) mass is 332 g/mol. The second kappa shape index (κ2) is 8.33. The zero-order chi connectivity index (χ0) is 16.7. The standard InChI is InChI=1S/C17H20N2O3S/c1-12(22-15-6-4-14(21-3)5-7-15)10-19-17(20)9-8-16-11-18-13(2)23-16/h4-9,11-12H,10H2,1-3H3,(H,19,20)/b9-8+/t12-/m1/s1. The van der Waals surface area contributed by atoms with Gasteiger partial charge in [0.15, 0.2) is 0 Å². The van der Waals surface area contributed by atoms with E-state index in [9.17, 15) is 4.79 Å². The smallest absolute Gasteiger partial charge is 0.244 e. The molecule has 122 valence electrons. The number of thiazole rings is 1. The Morgan fingerprint density at radius 3 is 2.65 bits per heavy atom. The molecule has 0 radical (unpaired) electrons. The third-order valence-corrected chi connectivity index (χ3v) is 3.88. The van der Waals surface area contributed by atoms with E-state index in [4.69, 9.17) is 9.47 Å². The number of carbonyl (C=O) groups excluding carboxylic acids is 1. The first kappa shape index (κ1) is 17.0. The van der Waals surface area contributed by atoms with Gasteiger partial charge in [0.25, 0.3) is 0 Å². The van der Waals surface area contributed by atoms with Gasteiger partial charge in [-0.05, 0) is 44.2 Å². The Bertz CT molecular complexity index is 665. The second-order valence-electron chi connectivity index (χ2n) is 4.96. The highest BCUT2D eigenvalue weighted by molar-refractivity contribution is 7.12. The van der Waals surface area contributed by atoms with Gasteiger partial charge in [0.05, 0.1) is 18.7 Å². The lowest BCUT2D eigenvalue weighted by molar-refractivity contribution is -0.116. The summed E-state index contributed by atoms with van der Waals surface area (Å²) in [6.07, 6.45) is 4.88. The molecule has 0 aliphatic rings. The number of hydrogen-bond acceptors (Lipinski definition) is 5. The molecule has 1 N–H and O–H groups in total. The predicted octanol–water partition coefficient (Wildman–Crippen LogP) is 3.06. The van der Waals surface area contributed by atoms with Crippen LogP contribution in [-0.4, -0.2) is 30.6 Å². The van der Waals surface area contributed by atoms with Crippen molar-refractivity contribution in [1.82, 2.24) is 10.3 Å². The van der Waals surface area contributed by atoms with E-state index in [2.05, 4.69) is 10.3 Å². The predicted molar refractivity (Wildman–Crippen MR) is 92.0 cm³/mol. The van der Waals surface area contributed by atoms with Crippen LogP contribution in [0.1, 0.15) is 16.8 Å². The van der Waals surface area contributed by atoms with Gasteiger partial charge in [-0.15, -0.1) is 11.3 Å². The molecule has 0 unspecified atom stereocenters. The van der Waals surface area contributed by atoms with Crippen LogP contribution in [0.25, 0.3) is 6.08 Å². The number of carbonyl (C=O) groups is 1. The summed E-state index contributed by atoms with van der Waals surface area (Å²) in [7, 11) is 1.62. The average Bonchev–Trinajstić information content (AvgIpc) is 2.97. The summed E-state index contributed by atoms with van der Waals surface area (Å²) in [5.41, 5.74) is 0. The number of ether oxygens (including phenoxy) is 2. The molecular formula is C17H20N2O3S. The van der Waals surface area contributed by atoms with E-state index in [1.54, 1.807) is 30.7 Å². The van der Waals surface area contributed by atoms with Gasteiger partial charge in [-0.2, -0.15) is 0 Å². The van der Waals surface area contributed by atoms with Crippen molar-refractivity contribution in [2.45, 2.75) is 20.0 Å². The zero-order valence-electron chi connectivity index (χ0n) is 13.4. The first-order valence-electron chi connectivity index (χ1n) is 7.26. The Kier molecular flexibility index (Phi) is 6.17. The van der Waals surface area contributed by atoms with Gasteiger partial charge in [0, 0.05) is 17.2 Å². The fourth-order valence-corrected chi connectivity index (χ4v) is 2.53. The number of aryl methyl sites for hydroxylation is 1. The first-order valence-corrected chi connectivity index (χ1v) is 8.07. The number of amides is 1. The Morgan fingerprint density at radius 2 is 2.04 bits per heavy atom. The number of aromatic nitrogens is 1. The van der Waals surface area contributed by atoms with E-state index in [0.717, 1.165) is 21.4 Å². The van der Waals surface area contributed by atoms with Crippen LogP contribution in [0, 0.1) is 6.92 Å². The third-order valence-electron chi connectivity index (χ3n) is 3.00. The average molecular weight is 332 g/mol. The molecule has 1 amide bonds. The highest BCUT2D eigenvalue weighted by Crippen LogP contribution is 2.18. The minimum absolute atomic E-state index is 0.133. The molecule has 1 atom stereocenters. The molecule has 23 heavy (non-hydrogen) atoms. The molecule has 6 heteroatoms. The van der Waals surface area contributed by atoms with Crippen LogP contribution >= 0.6 is 11.3 Å². The summed E-state index contributed by atoms with van der Waals surface area (Å²) >= 11 is 1.55. The zero-order valence-corrected chi connectivity index (χ0v) is 14.2. The largest absolute Gasteiger partial charge is 0.497 e. The lowest BCUT2D eigenvalue weighted by Gasteiger charge is -2.15. The van der Waals surface area contributed by atoms with E-state index in [0.29, 0.717) is 6.54 Å². The van der Waals surface area contributed by atoms with Crippen molar-refractivity contribution in [3.63, 3.8) is 0 Å². The molecule has 0 saturated heterocycles. The van der Waals surface area contributed by atoms with Gasteiger partial charge >= 0.3 is 0 Å². The molecule has 0 aliphatic heterocycles. The summed E-state index contributed by atoms with van der Waals surface area (Å²) < 4.78 is 10.8. The van der Waals surface area contributed by atoms with Gasteiger partial charge in [-0.3, -0.25) is 4.79 Å². The number of nitrogens with one attached hydrogen (secondary N) is 1. The molecular weight excluding hydrogens is 312 g/mol. The normalized spacial score (nSPS) is 12.1. The Morgan fingerprint density at radius 1 is 1.35 bits per heavy atom. The number of benzene rings is 1. The molecule has 0 spiro atoms. The number of nitrogens with zero attached hydrogens (tertiary/aromatic N) is 1. The summed E-state index contributed by atoms with van der Waals surface area (Å²) in [6, 6.07) is 7.34. The molecule has 0 fully saturated rings. The van der Waals surface area contributed by atoms with Crippen molar-refractivity contribution >= 4 is 23.3 Å². The van der Waals surface area contributed by atoms with Gasteiger partial charge in [0.2, 0.25) is 5.91 Å². The molecule has 2 aromatic rings. The van der Waals surface area contributed by atoms with Crippen LogP contribution in [0.2, 0.25) is 0 Å². The number of methoxy groups -OCH3 is 1. The van der Waals surface area contributed by atoms with E-state index in [1.807, 2.05) is 38.1 Å². The van der Waals surface area contributed by atoms with E-state index in [-0.39, 0.29) is 12.0 Å². The van der Waals surface area contributed by atoms with E-state index < -0.39 is 0 Å². The maximum atomic E-state index is 11.8. The molecule has 0 aliphatic carbocycles. The van der Waals surface area contributed by atoms with Crippen LogP contribution in [0.4, 0.5) is 0 Å². The summed E-state index contributed by atoms with van der Waals surface area (Å²) in [6.45, 7) is 4.26. The van der Waals surface area contributed by atoms with E-state index in [1.165, 1.54) is 6.08 Å². The molecule has 0 bridgehead atoms. The number of rotatable bonds is 7. The van der Waals surface area contributed by atoms with Gasteiger partial charge in [-0.25, -0.2) is 4.98 Å². The fraction of sp³-hybridized carbons (Fsp3) is 0.294. The van der Waals surface area contributed by atoms with Crippen molar-refractivity contribution in [2.75, 3.05) is 13.7 Å². The molecule has 1 aromatic carbocycles. The molecule has 5 nitrogen and oxygen atoms in total. The van der Waals surface area contributed by atoms with Crippen molar-refractivity contribution in [3.05, 3.63) is 46.4 Å². The van der Waals surface area contributed by atoms with Gasteiger partial charge in [0.1, 0.15) is 17.6 Å².